The van der Waals surface area contributed by atoms with Crippen molar-refractivity contribution >= 4 is 34.8 Å². The van der Waals surface area contributed by atoms with Gasteiger partial charge in [0.05, 0.1) is 24.7 Å². The molecule has 0 aromatic carbocycles. The fourth-order valence-corrected chi connectivity index (χ4v) is 17.5. The van der Waals surface area contributed by atoms with E-state index in [9.17, 15) is 26.7 Å². The molecule has 1 fully saturated rings. The molecule has 17 heteroatoms. The van der Waals surface area contributed by atoms with E-state index in [-0.39, 0.29) is 54.0 Å². The number of halogens is 3. The largest absolute Gasteiger partial charge is 0.534 e. The van der Waals surface area contributed by atoms with Crippen LogP contribution in [-0.2, 0) is 34.9 Å². The first-order chi connectivity index (χ1) is 26.3. The summed E-state index contributed by atoms with van der Waals surface area (Å²) in [6, 6.07) is 2.25. The van der Waals surface area contributed by atoms with Crippen LogP contribution < -0.4 is 4.18 Å². The second-order valence-electron chi connectivity index (χ2n) is 17.3. The van der Waals surface area contributed by atoms with Crippen molar-refractivity contribution in [2.75, 3.05) is 13.7 Å². The van der Waals surface area contributed by atoms with Gasteiger partial charge in [-0.1, -0.05) is 106 Å². The number of hydrogen-bond donors (Lipinski definition) is 1. The molecular weight excluding hydrogens is 812 g/mol. The Labute approximate surface area is 344 Å². The fraction of sp³-hybridized carbons (Fsp3) is 0.775. The Morgan fingerprint density at radius 2 is 1.65 bits per heavy atom. The molecule has 10 nitrogen and oxygen atoms in total. The van der Waals surface area contributed by atoms with Crippen LogP contribution in [0.1, 0.15) is 94.4 Å². The molecule has 0 unspecified atom stereocenters. The third kappa shape index (κ3) is 14.2. The van der Waals surface area contributed by atoms with Crippen LogP contribution in [0, 0.1) is 17.4 Å². The number of aliphatic hydroxyl groups excluding tert-OH is 1. The van der Waals surface area contributed by atoms with Gasteiger partial charge in [0.1, 0.15) is 8.07 Å². The normalized spacial score (nSPS) is 21.7. The highest BCUT2D eigenvalue weighted by molar-refractivity contribution is 7.87. The van der Waals surface area contributed by atoms with Crippen LogP contribution in [0.25, 0.3) is 0 Å². The van der Waals surface area contributed by atoms with Crippen molar-refractivity contribution in [1.29, 1.82) is 0 Å². The topological polar surface area (TPSA) is 127 Å². The molecule has 1 aliphatic heterocycles. The Bertz CT molecular complexity index is 1610. The number of rotatable bonds is 21. The average molecular weight is 882 g/mol. The number of hydrogen-bond acceptors (Lipinski definition) is 10. The maximum Gasteiger partial charge on any atom is 0.534 e. The first-order valence-electron chi connectivity index (χ1n) is 20.3. The predicted octanol–water partition coefficient (Wildman–Crippen LogP) is 10.3. The standard InChI is InChI=1S/C40H70F3NO9SSi3/c1-15-56(16-2,17-3)53-39(26-37-44-38(28-49-37)51-54(46,47)40(41,42)43)25-33(27-45)24-35(50-39)36(52-57(29(4)5,30(6)7)31(8)9)23-32(10)20-21-34(48-11)19-18-22-55(12,13)14/h20-21,23,28-31,33-36,45H,15-17,19,24-27H2,1-14H3/b21-20+,32-23+/t33-,34-,35-,36-,39-/m1/s1. The van der Waals surface area contributed by atoms with Crippen LogP contribution >= 0.6 is 0 Å². The maximum absolute atomic E-state index is 13.2. The molecule has 1 N–H and O–H groups in total. The van der Waals surface area contributed by atoms with Crippen molar-refractivity contribution in [3.05, 3.63) is 36.0 Å². The lowest BCUT2D eigenvalue weighted by molar-refractivity contribution is -0.269. The third-order valence-corrected chi connectivity index (χ3v) is 23.7. The van der Waals surface area contributed by atoms with Crippen molar-refractivity contribution < 1.29 is 53.6 Å². The average Bonchev–Trinajstić information content (AvgIpc) is 3.53. The summed E-state index contributed by atoms with van der Waals surface area (Å²) in [7, 11) is -10.9. The molecule has 0 amide bonds. The summed E-state index contributed by atoms with van der Waals surface area (Å²) < 4.78 is 100. The smallest absolute Gasteiger partial charge is 0.445 e. The molecule has 0 spiro atoms. The maximum atomic E-state index is 13.2. The molecule has 0 bridgehead atoms. The van der Waals surface area contributed by atoms with E-state index in [1.807, 2.05) is 19.1 Å². The Morgan fingerprint density at radius 3 is 2.12 bits per heavy atom. The molecule has 5 atom stereocenters. The first-order valence-corrected chi connectivity index (χ1v) is 29.9. The summed E-state index contributed by atoms with van der Waals surface area (Å²) >= 11 is 0. The van der Waals surface area contributed by atoms with E-state index < -0.39 is 64.2 Å². The van der Waals surface area contributed by atoms with E-state index in [2.05, 4.69) is 109 Å². The van der Waals surface area contributed by atoms with E-state index in [1.165, 1.54) is 0 Å². The second-order valence-corrected chi connectivity index (χ2v) is 33.7. The molecule has 1 aromatic heterocycles. The van der Waals surface area contributed by atoms with E-state index in [0.717, 1.165) is 30.0 Å². The molecule has 2 heterocycles. The van der Waals surface area contributed by atoms with E-state index in [0.29, 0.717) is 12.8 Å². The quantitative estimate of drug-likeness (QED) is 0.0419. The lowest BCUT2D eigenvalue weighted by Gasteiger charge is -2.51. The summed E-state index contributed by atoms with van der Waals surface area (Å²) in [5, 5.41) is 10.8. The van der Waals surface area contributed by atoms with Crippen LogP contribution in [0.3, 0.4) is 0 Å². The van der Waals surface area contributed by atoms with Gasteiger partial charge in [0, 0.05) is 26.6 Å². The number of ether oxygens (including phenoxy) is 2. The van der Waals surface area contributed by atoms with Gasteiger partial charge in [-0.2, -0.15) is 26.6 Å². The number of alkyl halides is 3. The van der Waals surface area contributed by atoms with Crippen molar-refractivity contribution in [2.45, 2.75) is 179 Å². The molecular formula is C40H70F3NO9SSi3. The Hall–Kier alpha value is -1.76. The van der Waals surface area contributed by atoms with Crippen LogP contribution in [0.15, 0.2) is 34.5 Å². The Morgan fingerprint density at radius 1 is 1.07 bits per heavy atom. The Kier molecular flexibility index (Phi) is 19.1. The number of aromatic nitrogens is 1. The van der Waals surface area contributed by atoms with Gasteiger partial charge in [0.25, 0.3) is 5.88 Å². The number of oxazole rings is 1. The third-order valence-electron chi connectivity index (χ3n) is 11.0. The van der Waals surface area contributed by atoms with E-state index >= 15 is 0 Å². The van der Waals surface area contributed by atoms with E-state index in [4.69, 9.17) is 22.7 Å². The van der Waals surface area contributed by atoms with Gasteiger partial charge >= 0.3 is 15.6 Å². The van der Waals surface area contributed by atoms with Crippen molar-refractivity contribution in [1.82, 2.24) is 4.98 Å². The minimum absolute atomic E-state index is 0.129. The van der Waals surface area contributed by atoms with Crippen LogP contribution in [-0.4, -0.2) is 86.5 Å². The van der Waals surface area contributed by atoms with Gasteiger partial charge in [0.2, 0.25) is 14.2 Å². The minimum Gasteiger partial charge on any atom is -0.445 e. The summed E-state index contributed by atoms with van der Waals surface area (Å²) in [5.41, 5.74) is -0.618. The number of aliphatic hydroxyl groups is 1. The molecule has 1 saturated heterocycles. The van der Waals surface area contributed by atoms with Crippen molar-refractivity contribution in [2.24, 2.45) is 5.92 Å². The molecule has 0 radical (unpaired) electrons. The molecule has 0 saturated carbocycles. The lowest BCUT2D eigenvalue weighted by atomic mass is 9.86. The zero-order valence-electron chi connectivity index (χ0n) is 36.7. The van der Waals surface area contributed by atoms with Crippen molar-refractivity contribution in [3.63, 3.8) is 0 Å². The van der Waals surface area contributed by atoms with Gasteiger partial charge in [-0.25, -0.2) is 0 Å². The molecule has 1 aliphatic rings. The SMILES string of the molecule is CC[Si](CC)(CC)O[C@@]1(Cc2nc(OS(=O)(=O)C(F)(F)F)co2)C[C@H](CO)C[C@H]([C@@H](/C=C(C)/C=C/[C@@H](CC#C[Si](C)(C)C)OC)O[Si](C(C)C)(C(C)C)C(C)C)O1. The number of allylic oxidation sites excluding steroid dienone is 2. The van der Waals surface area contributed by atoms with Gasteiger partial charge in [-0.15, -0.1) is 11.5 Å². The zero-order chi connectivity index (χ0) is 43.6. The van der Waals surface area contributed by atoms with Crippen LogP contribution in [0.2, 0.25) is 54.4 Å². The molecule has 2 rings (SSSR count). The van der Waals surface area contributed by atoms with Gasteiger partial charge in [-0.3, -0.25) is 0 Å². The molecule has 0 aliphatic carbocycles. The monoisotopic (exact) mass is 881 g/mol. The number of methoxy groups -OCH3 is 1. The highest BCUT2D eigenvalue weighted by Gasteiger charge is 2.53. The summed E-state index contributed by atoms with van der Waals surface area (Å²) in [4.78, 5) is 4.00. The summed E-state index contributed by atoms with van der Waals surface area (Å²) in [6.45, 7) is 27.9. The second kappa shape index (κ2) is 21.2. The van der Waals surface area contributed by atoms with Crippen molar-refractivity contribution in [3.8, 4) is 17.3 Å². The Balaban J connectivity index is 2.80. The molecule has 1 aromatic rings. The van der Waals surface area contributed by atoms with Crippen LogP contribution in [0.5, 0.6) is 5.88 Å². The fourth-order valence-electron chi connectivity index (χ4n) is 8.03. The lowest BCUT2D eigenvalue weighted by Crippen LogP contribution is -2.59. The summed E-state index contributed by atoms with van der Waals surface area (Å²) in [6.07, 6.45) is 6.44. The first kappa shape index (κ1) is 51.4. The van der Waals surface area contributed by atoms with Crippen LogP contribution in [0.4, 0.5) is 13.2 Å². The molecule has 57 heavy (non-hydrogen) atoms. The predicted molar refractivity (Wildman–Crippen MR) is 227 cm³/mol. The van der Waals surface area contributed by atoms with E-state index in [1.54, 1.807) is 7.11 Å². The van der Waals surface area contributed by atoms with Gasteiger partial charge < -0.3 is 32.0 Å². The summed E-state index contributed by atoms with van der Waals surface area (Å²) in [5.74, 6) is 0.550. The van der Waals surface area contributed by atoms with Gasteiger partial charge in [-0.05, 0) is 54.0 Å². The minimum atomic E-state index is -5.98. The molecule has 328 valence electrons. The number of nitrogens with zero attached hydrogens (tertiary/aromatic N) is 1. The zero-order valence-corrected chi connectivity index (χ0v) is 40.5. The van der Waals surface area contributed by atoms with Gasteiger partial charge in [0.15, 0.2) is 20.4 Å². The highest BCUT2D eigenvalue weighted by Crippen LogP contribution is 2.47. The highest BCUT2D eigenvalue weighted by atomic mass is 32.2.